The summed E-state index contributed by atoms with van der Waals surface area (Å²) in [6.45, 7) is 2.25. The first-order valence-electron chi connectivity index (χ1n) is 11.3. The number of nitrogen functional groups attached to an aromatic ring is 1. The van der Waals surface area contributed by atoms with Crippen molar-refractivity contribution in [3.05, 3.63) is 60.3 Å². The van der Waals surface area contributed by atoms with Gasteiger partial charge in [0.05, 0.1) is 42.6 Å². The Labute approximate surface area is 200 Å². The SMILES string of the molecule is COC[C@@]1(N)CCCN(c2cnc(-c3ccc(F)c(F)c3)cc2Cn2cnc3c(N)ncnc32)C1. The second-order valence-electron chi connectivity index (χ2n) is 8.95. The van der Waals surface area contributed by atoms with Gasteiger partial charge in [-0.2, -0.15) is 0 Å². The van der Waals surface area contributed by atoms with E-state index < -0.39 is 17.2 Å². The molecule has 0 bridgehead atoms. The molecule has 1 saturated heterocycles. The maximum absolute atomic E-state index is 13.9. The first-order valence-corrected chi connectivity index (χ1v) is 11.3. The molecule has 4 N–H and O–H groups in total. The van der Waals surface area contributed by atoms with E-state index in [1.165, 1.54) is 12.4 Å². The Morgan fingerprint density at radius 3 is 2.77 bits per heavy atom. The van der Waals surface area contributed by atoms with Crippen LogP contribution >= 0.6 is 0 Å². The van der Waals surface area contributed by atoms with Gasteiger partial charge in [0, 0.05) is 25.8 Å². The van der Waals surface area contributed by atoms with Crippen LogP contribution in [0, 0.1) is 11.6 Å². The number of halogens is 2. The van der Waals surface area contributed by atoms with E-state index in [9.17, 15) is 8.78 Å². The molecule has 11 heteroatoms. The molecule has 1 aliphatic heterocycles. The van der Waals surface area contributed by atoms with Crippen LogP contribution in [-0.4, -0.2) is 56.8 Å². The topological polar surface area (TPSA) is 121 Å². The summed E-state index contributed by atoms with van der Waals surface area (Å²) in [7, 11) is 1.65. The molecule has 1 aliphatic rings. The van der Waals surface area contributed by atoms with E-state index in [0.29, 0.717) is 47.9 Å². The summed E-state index contributed by atoms with van der Waals surface area (Å²) in [4.78, 5) is 19.5. The van der Waals surface area contributed by atoms with Crippen molar-refractivity contribution in [2.75, 3.05) is 37.4 Å². The van der Waals surface area contributed by atoms with E-state index >= 15 is 0 Å². The molecule has 0 saturated carbocycles. The van der Waals surface area contributed by atoms with Crippen LogP contribution in [0.15, 0.2) is 43.1 Å². The molecule has 3 aromatic heterocycles. The van der Waals surface area contributed by atoms with Gasteiger partial charge in [-0.05, 0) is 42.7 Å². The zero-order chi connectivity index (χ0) is 24.6. The lowest BCUT2D eigenvalue weighted by molar-refractivity contribution is 0.121. The number of nitrogens with two attached hydrogens (primary N) is 2. The summed E-state index contributed by atoms with van der Waals surface area (Å²) in [6, 6.07) is 5.63. The molecule has 0 amide bonds. The van der Waals surface area contributed by atoms with Crippen molar-refractivity contribution in [3.8, 4) is 11.3 Å². The number of pyridine rings is 1. The van der Waals surface area contributed by atoms with Gasteiger partial charge in [-0.3, -0.25) is 4.98 Å². The summed E-state index contributed by atoms with van der Waals surface area (Å²) in [5.41, 5.74) is 16.0. The molecule has 0 spiro atoms. The van der Waals surface area contributed by atoms with Crippen LogP contribution < -0.4 is 16.4 Å². The van der Waals surface area contributed by atoms with E-state index in [1.807, 2.05) is 10.6 Å². The molecular formula is C24H26F2N8O. The zero-order valence-electron chi connectivity index (χ0n) is 19.3. The average molecular weight is 481 g/mol. The van der Waals surface area contributed by atoms with E-state index in [2.05, 4.69) is 24.8 Å². The average Bonchev–Trinajstić information content (AvgIpc) is 3.25. The fourth-order valence-corrected chi connectivity index (χ4v) is 4.68. The number of aromatic nitrogens is 5. The second-order valence-corrected chi connectivity index (χ2v) is 8.95. The largest absolute Gasteiger partial charge is 0.383 e. The van der Waals surface area contributed by atoms with Crippen molar-refractivity contribution >= 4 is 22.7 Å². The van der Waals surface area contributed by atoms with Crippen LogP contribution in [0.25, 0.3) is 22.4 Å². The Balaban J connectivity index is 1.58. The number of methoxy groups -OCH3 is 1. The molecule has 0 radical (unpaired) electrons. The van der Waals surface area contributed by atoms with Gasteiger partial charge in [-0.15, -0.1) is 0 Å². The lowest BCUT2D eigenvalue weighted by atomic mass is 9.90. The third-order valence-electron chi connectivity index (χ3n) is 6.33. The van der Waals surface area contributed by atoms with E-state index in [-0.39, 0.29) is 0 Å². The van der Waals surface area contributed by atoms with Gasteiger partial charge in [-0.25, -0.2) is 23.7 Å². The second kappa shape index (κ2) is 9.16. The summed E-state index contributed by atoms with van der Waals surface area (Å²) >= 11 is 0. The van der Waals surface area contributed by atoms with Crippen molar-refractivity contribution < 1.29 is 13.5 Å². The van der Waals surface area contributed by atoms with Gasteiger partial charge in [0.15, 0.2) is 23.1 Å². The Bertz CT molecular complexity index is 1370. The fourth-order valence-electron chi connectivity index (χ4n) is 4.68. The Hall–Kier alpha value is -3.70. The van der Waals surface area contributed by atoms with Crippen molar-refractivity contribution in [1.82, 2.24) is 24.5 Å². The summed E-state index contributed by atoms with van der Waals surface area (Å²) < 4.78 is 34.7. The number of fused-ring (bicyclic) bond motifs is 1. The predicted octanol–water partition coefficient (Wildman–Crippen LogP) is 2.74. The number of piperidine rings is 1. The highest BCUT2D eigenvalue weighted by Crippen LogP contribution is 2.31. The number of nitrogens with zero attached hydrogens (tertiary/aromatic N) is 6. The number of hydrogen-bond acceptors (Lipinski definition) is 8. The van der Waals surface area contributed by atoms with Crippen LogP contribution in [0.5, 0.6) is 0 Å². The minimum absolute atomic E-state index is 0.301. The standard InChI is InChI=1S/C24H26F2N8O/c1-35-12-24(28)5-2-6-33(11-24)20-9-29-19(15-3-4-17(25)18(26)7-15)8-16(20)10-34-14-32-21-22(27)30-13-31-23(21)34/h3-4,7-9,13-14H,2,5-6,10-12,28H2,1H3,(H2,27,30,31)/t24-/m1/s1. The molecule has 0 aliphatic carbocycles. The summed E-state index contributed by atoms with van der Waals surface area (Å²) in [5, 5.41) is 0. The third-order valence-corrected chi connectivity index (χ3v) is 6.33. The van der Waals surface area contributed by atoms with Crippen LogP contribution in [0.2, 0.25) is 0 Å². The molecule has 9 nitrogen and oxygen atoms in total. The molecule has 182 valence electrons. The highest BCUT2D eigenvalue weighted by atomic mass is 19.2. The van der Waals surface area contributed by atoms with Gasteiger partial charge in [0.2, 0.25) is 0 Å². The molecule has 4 heterocycles. The third kappa shape index (κ3) is 4.52. The Morgan fingerprint density at radius 1 is 1.11 bits per heavy atom. The van der Waals surface area contributed by atoms with Gasteiger partial charge < -0.3 is 25.7 Å². The molecule has 35 heavy (non-hydrogen) atoms. The fraction of sp³-hybridized carbons (Fsp3) is 0.333. The predicted molar refractivity (Wildman–Crippen MR) is 129 cm³/mol. The first kappa shape index (κ1) is 23.1. The number of rotatable bonds is 6. The van der Waals surface area contributed by atoms with Crippen molar-refractivity contribution in [2.24, 2.45) is 5.73 Å². The Morgan fingerprint density at radius 2 is 1.97 bits per heavy atom. The first-order chi connectivity index (χ1) is 16.9. The summed E-state index contributed by atoms with van der Waals surface area (Å²) in [6.07, 6.45) is 6.57. The molecule has 1 fully saturated rings. The van der Waals surface area contributed by atoms with E-state index in [1.54, 1.807) is 19.6 Å². The quantitative estimate of drug-likeness (QED) is 0.432. The number of ether oxygens (including phenoxy) is 1. The van der Waals surface area contributed by atoms with Crippen LogP contribution in [0.4, 0.5) is 20.3 Å². The highest BCUT2D eigenvalue weighted by Gasteiger charge is 2.33. The molecule has 4 aromatic rings. The molecule has 1 atom stereocenters. The number of imidazole rings is 1. The smallest absolute Gasteiger partial charge is 0.165 e. The van der Waals surface area contributed by atoms with Gasteiger partial charge in [0.25, 0.3) is 0 Å². The monoisotopic (exact) mass is 480 g/mol. The molecule has 0 unspecified atom stereocenters. The minimum atomic E-state index is -0.925. The van der Waals surface area contributed by atoms with Crippen LogP contribution in [0.1, 0.15) is 18.4 Å². The number of hydrogen-bond donors (Lipinski definition) is 2. The number of benzene rings is 1. The van der Waals surface area contributed by atoms with E-state index in [4.69, 9.17) is 16.2 Å². The highest BCUT2D eigenvalue weighted by molar-refractivity contribution is 5.81. The summed E-state index contributed by atoms with van der Waals surface area (Å²) in [5.74, 6) is -1.53. The maximum atomic E-state index is 13.9. The minimum Gasteiger partial charge on any atom is -0.383 e. The lowest BCUT2D eigenvalue weighted by Crippen LogP contribution is -2.57. The number of anilines is 2. The Kier molecular flexibility index (Phi) is 6.03. The van der Waals surface area contributed by atoms with E-state index in [0.717, 1.165) is 42.8 Å². The lowest BCUT2D eigenvalue weighted by Gasteiger charge is -2.41. The van der Waals surface area contributed by atoms with Crippen molar-refractivity contribution in [1.29, 1.82) is 0 Å². The van der Waals surface area contributed by atoms with Gasteiger partial charge >= 0.3 is 0 Å². The van der Waals surface area contributed by atoms with Gasteiger partial charge in [-0.1, -0.05) is 0 Å². The maximum Gasteiger partial charge on any atom is 0.165 e. The van der Waals surface area contributed by atoms with Crippen LogP contribution in [0.3, 0.4) is 0 Å². The zero-order valence-corrected chi connectivity index (χ0v) is 19.3. The molecule has 5 rings (SSSR count). The normalized spacial score (nSPS) is 18.3. The molecule has 1 aromatic carbocycles. The van der Waals surface area contributed by atoms with Crippen molar-refractivity contribution in [3.63, 3.8) is 0 Å². The van der Waals surface area contributed by atoms with Crippen LogP contribution in [-0.2, 0) is 11.3 Å². The van der Waals surface area contributed by atoms with Gasteiger partial charge in [0.1, 0.15) is 11.8 Å². The van der Waals surface area contributed by atoms with Crippen molar-refractivity contribution in [2.45, 2.75) is 24.9 Å². The molecular weight excluding hydrogens is 454 g/mol.